The van der Waals surface area contributed by atoms with Crippen LogP contribution in [0.3, 0.4) is 0 Å². The highest BCUT2D eigenvalue weighted by atomic mass is 31.2. The molecule has 0 aromatic rings. The van der Waals surface area contributed by atoms with Gasteiger partial charge in [-0.05, 0) is 44.9 Å². The topological polar surface area (TPSA) is 226 Å². The van der Waals surface area contributed by atoms with E-state index in [4.69, 9.17) is 9.05 Å². The van der Waals surface area contributed by atoms with E-state index in [2.05, 4.69) is 31.3 Å². The van der Waals surface area contributed by atoms with E-state index in [1.807, 2.05) is 0 Å². The van der Waals surface area contributed by atoms with E-state index in [1.54, 1.807) is 6.08 Å². The highest BCUT2D eigenvalue weighted by Crippen LogP contribution is 2.47. The Balaban J connectivity index is 2.56. The fourth-order valence-corrected chi connectivity index (χ4v) is 7.14. The third-order valence-corrected chi connectivity index (χ3v) is 10.5. The van der Waals surface area contributed by atoms with Crippen LogP contribution in [0.1, 0.15) is 149 Å². The molecule has 13 nitrogen and oxygen atoms in total. The summed E-state index contributed by atoms with van der Waals surface area (Å²) in [6.07, 6.45) is 14.6. The summed E-state index contributed by atoms with van der Waals surface area (Å²) in [7, 11) is -5.12. The number of aliphatic hydroxyl groups excluding tert-OH is 7. The zero-order valence-electron chi connectivity index (χ0n) is 31.7. The maximum atomic E-state index is 12.9. The molecule has 0 aromatic heterocycles. The van der Waals surface area contributed by atoms with Crippen molar-refractivity contribution in [1.82, 2.24) is 5.32 Å². The van der Waals surface area contributed by atoms with Crippen LogP contribution in [0.4, 0.5) is 0 Å². The van der Waals surface area contributed by atoms with Gasteiger partial charge < -0.3 is 46.0 Å². The van der Waals surface area contributed by atoms with Gasteiger partial charge in [-0.3, -0.25) is 13.8 Å². The van der Waals surface area contributed by atoms with Crippen molar-refractivity contribution in [3.8, 4) is 0 Å². The molecule has 14 heteroatoms. The minimum absolute atomic E-state index is 0.250. The van der Waals surface area contributed by atoms with E-state index >= 15 is 0 Å². The molecule has 0 saturated heterocycles. The van der Waals surface area contributed by atoms with Gasteiger partial charge in [0.15, 0.2) is 0 Å². The number of hydrogen-bond acceptors (Lipinski definition) is 11. The first kappa shape index (κ1) is 48.8. The average molecular weight is 766 g/mol. The van der Waals surface area contributed by atoms with Crippen molar-refractivity contribution in [2.24, 2.45) is 0 Å². The molecular weight excluding hydrogens is 693 g/mol. The Labute approximate surface area is 312 Å². The van der Waals surface area contributed by atoms with Crippen LogP contribution in [0.2, 0.25) is 0 Å². The molecule has 0 aromatic carbocycles. The van der Waals surface area contributed by atoms with Crippen molar-refractivity contribution in [2.45, 2.75) is 204 Å². The van der Waals surface area contributed by atoms with Gasteiger partial charge in [-0.2, -0.15) is 0 Å². The summed E-state index contributed by atoms with van der Waals surface area (Å²) in [6, 6.07) is -1.24. The summed E-state index contributed by atoms with van der Waals surface area (Å²) in [6.45, 7) is 3.62. The maximum absolute atomic E-state index is 12.9. The lowest BCUT2D eigenvalue weighted by atomic mass is 9.85. The summed E-state index contributed by atoms with van der Waals surface area (Å²) < 4.78 is 22.6. The number of unbranched alkanes of at least 4 members (excludes halogenated alkanes) is 16. The largest absolute Gasteiger partial charge is 0.472 e. The van der Waals surface area contributed by atoms with E-state index in [1.165, 1.54) is 44.6 Å². The number of amides is 1. The molecule has 0 bridgehead atoms. The Morgan fingerprint density at radius 2 is 1.12 bits per heavy atom. The molecule has 0 aliphatic heterocycles. The van der Waals surface area contributed by atoms with E-state index in [0.717, 1.165) is 77.0 Å². The van der Waals surface area contributed by atoms with Crippen LogP contribution in [0.15, 0.2) is 24.3 Å². The Morgan fingerprint density at radius 1 is 0.673 bits per heavy atom. The van der Waals surface area contributed by atoms with Crippen molar-refractivity contribution in [3.05, 3.63) is 24.3 Å². The average Bonchev–Trinajstić information content (AvgIpc) is 3.11. The summed E-state index contributed by atoms with van der Waals surface area (Å²) >= 11 is 0. The number of nitrogens with one attached hydrogen (secondary N) is 1. The minimum Gasteiger partial charge on any atom is -0.393 e. The molecule has 9 N–H and O–H groups in total. The van der Waals surface area contributed by atoms with Gasteiger partial charge in [-0.1, -0.05) is 122 Å². The molecule has 1 saturated carbocycles. The maximum Gasteiger partial charge on any atom is 0.472 e. The number of allylic oxidation sites excluding steroid dienone is 3. The number of hydrogen-bond donors (Lipinski definition) is 9. The van der Waals surface area contributed by atoms with E-state index in [-0.39, 0.29) is 6.42 Å². The SMILES string of the molecule is CCCCCCC/C=C/C(O)C(COP(=O)(O)OC1C(O)C(O)C(O)C(O)C1O)NC(=O)CC(O)CCCCCCC/C=C\CCCCCCCC. The molecule has 8 unspecified atom stereocenters. The second-order valence-electron chi connectivity index (χ2n) is 14.3. The highest BCUT2D eigenvalue weighted by molar-refractivity contribution is 7.47. The number of aliphatic hydroxyl groups is 7. The number of carbonyl (C=O) groups is 1. The summed E-state index contributed by atoms with van der Waals surface area (Å²) in [4.78, 5) is 23.2. The molecule has 1 aliphatic carbocycles. The predicted molar refractivity (Wildman–Crippen MR) is 201 cm³/mol. The molecule has 306 valence electrons. The molecule has 0 heterocycles. The molecular formula is C38H72NO12P. The Bertz CT molecular complexity index is 1000. The second kappa shape index (κ2) is 29.1. The molecule has 52 heavy (non-hydrogen) atoms. The first-order valence-corrected chi connectivity index (χ1v) is 21.4. The van der Waals surface area contributed by atoms with Crippen LogP contribution >= 0.6 is 7.82 Å². The first-order valence-electron chi connectivity index (χ1n) is 19.9. The molecule has 1 rings (SSSR count). The first-order chi connectivity index (χ1) is 24.8. The van der Waals surface area contributed by atoms with Crippen LogP contribution in [0.5, 0.6) is 0 Å². The lowest BCUT2D eigenvalue weighted by Gasteiger charge is -2.41. The van der Waals surface area contributed by atoms with E-state index in [0.29, 0.717) is 12.8 Å². The quantitative estimate of drug-likeness (QED) is 0.0262. The highest BCUT2D eigenvalue weighted by Gasteiger charge is 2.51. The molecule has 8 atom stereocenters. The summed E-state index contributed by atoms with van der Waals surface area (Å²) in [5.74, 6) is -0.604. The van der Waals surface area contributed by atoms with E-state index < -0.39 is 75.2 Å². The van der Waals surface area contributed by atoms with Crippen LogP contribution in [0, 0.1) is 0 Å². The van der Waals surface area contributed by atoms with Crippen molar-refractivity contribution in [1.29, 1.82) is 0 Å². The molecule has 0 spiro atoms. The normalized spacial score (nSPS) is 25.3. The van der Waals surface area contributed by atoms with E-state index in [9.17, 15) is 50.0 Å². The van der Waals surface area contributed by atoms with Crippen LogP contribution in [0.25, 0.3) is 0 Å². The van der Waals surface area contributed by atoms with Gasteiger partial charge in [0.1, 0.15) is 36.6 Å². The Hall–Kier alpha value is -1.22. The number of phosphoric ester groups is 1. The second-order valence-corrected chi connectivity index (χ2v) is 15.7. The standard InChI is InChI=1S/C38H72NO12P/c1-3-5-7-9-11-12-13-14-15-16-17-18-20-21-23-25-29(40)27-32(42)39-30(31(41)26-24-22-19-10-8-6-4-2)28-50-52(48,49)51-38-36(46)34(44)33(43)35(45)37(38)47/h14-15,24,26,29-31,33-38,40-41,43-47H,3-13,16-23,25,27-28H2,1-2H3,(H,39,42)(H,48,49)/b15-14-,26-24+. The number of carbonyl (C=O) groups excluding carboxylic acids is 1. The molecule has 1 fully saturated rings. The monoisotopic (exact) mass is 765 g/mol. The number of rotatable bonds is 31. The third-order valence-electron chi connectivity index (χ3n) is 9.53. The summed E-state index contributed by atoms with van der Waals surface area (Å²) in [5, 5.41) is 73.8. The van der Waals surface area contributed by atoms with Gasteiger partial charge in [0.05, 0.1) is 31.3 Å². The predicted octanol–water partition coefficient (Wildman–Crippen LogP) is 4.86. The fourth-order valence-electron chi connectivity index (χ4n) is 6.17. The smallest absolute Gasteiger partial charge is 0.393 e. The lowest BCUT2D eigenvalue weighted by Crippen LogP contribution is -2.64. The fraction of sp³-hybridized carbons (Fsp3) is 0.868. The van der Waals surface area contributed by atoms with Gasteiger partial charge in [0.25, 0.3) is 0 Å². The third kappa shape index (κ3) is 21.6. The number of phosphoric acid groups is 1. The zero-order chi connectivity index (χ0) is 38.8. The lowest BCUT2D eigenvalue weighted by molar-refractivity contribution is -0.220. The summed E-state index contributed by atoms with van der Waals surface area (Å²) in [5.41, 5.74) is 0. The molecule has 1 amide bonds. The zero-order valence-corrected chi connectivity index (χ0v) is 32.6. The van der Waals surface area contributed by atoms with Crippen molar-refractivity contribution >= 4 is 13.7 Å². The minimum atomic E-state index is -5.12. The van der Waals surface area contributed by atoms with Gasteiger partial charge in [0.2, 0.25) is 5.91 Å². The molecule has 0 radical (unpaired) electrons. The van der Waals surface area contributed by atoms with Gasteiger partial charge in [-0.25, -0.2) is 4.57 Å². The van der Waals surface area contributed by atoms with Crippen molar-refractivity contribution < 1.29 is 59.0 Å². The van der Waals surface area contributed by atoms with Gasteiger partial charge >= 0.3 is 7.82 Å². The van der Waals surface area contributed by atoms with Gasteiger partial charge in [-0.15, -0.1) is 0 Å². The van der Waals surface area contributed by atoms with Crippen LogP contribution in [-0.4, -0.2) is 108 Å². The van der Waals surface area contributed by atoms with Gasteiger partial charge in [0, 0.05) is 0 Å². The van der Waals surface area contributed by atoms with Crippen LogP contribution in [-0.2, 0) is 18.4 Å². The Morgan fingerprint density at radius 3 is 1.63 bits per heavy atom. The van der Waals surface area contributed by atoms with Crippen molar-refractivity contribution in [3.63, 3.8) is 0 Å². The van der Waals surface area contributed by atoms with Crippen LogP contribution < -0.4 is 5.32 Å². The Kier molecular flexibility index (Phi) is 27.3. The van der Waals surface area contributed by atoms with Crippen molar-refractivity contribution in [2.75, 3.05) is 6.61 Å². The molecule has 1 aliphatic rings.